The first-order valence-corrected chi connectivity index (χ1v) is 9.52. The lowest BCUT2D eigenvalue weighted by Gasteiger charge is -2.14. The summed E-state index contributed by atoms with van der Waals surface area (Å²) in [5, 5.41) is 2.68. The number of carbonyl (C=O) groups excluding carboxylic acids is 2. The number of anilines is 1. The maximum absolute atomic E-state index is 13.6. The average molecular weight is 407 g/mol. The van der Waals surface area contributed by atoms with Gasteiger partial charge in [-0.15, -0.1) is 0 Å². The van der Waals surface area contributed by atoms with Crippen molar-refractivity contribution in [3.63, 3.8) is 0 Å². The highest BCUT2D eigenvalue weighted by Crippen LogP contribution is 2.17. The first kappa shape index (κ1) is 21.0. The summed E-state index contributed by atoms with van der Waals surface area (Å²) >= 11 is 0. The molecule has 6 heteroatoms. The minimum atomic E-state index is -1.02. The summed E-state index contributed by atoms with van der Waals surface area (Å²) in [6, 6.07) is 22.6. The van der Waals surface area contributed by atoms with Crippen LogP contribution in [0.1, 0.15) is 18.1 Å². The van der Waals surface area contributed by atoms with Crippen LogP contribution in [0.2, 0.25) is 0 Å². The number of hydrogen-bond acceptors (Lipinski definition) is 4. The quantitative estimate of drug-likeness (QED) is 0.558. The number of nitrogens with one attached hydrogen (secondary N) is 1. The van der Waals surface area contributed by atoms with Gasteiger partial charge in [0.05, 0.1) is 6.42 Å². The molecule has 30 heavy (non-hydrogen) atoms. The SMILES string of the molecule is C[C@@H](OC(=O)Cc1ccccc1F)C(=O)Nc1ccc(OCc2ccccc2)cc1. The lowest BCUT2D eigenvalue weighted by Crippen LogP contribution is -2.30. The molecule has 154 valence electrons. The summed E-state index contributed by atoms with van der Waals surface area (Å²) in [5.41, 5.74) is 1.83. The molecule has 1 atom stereocenters. The molecule has 5 nitrogen and oxygen atoms in total. The van der Waals surface area contributed by atoms with E-state index in [9.17, 15) is 14.0 Å². The molecule has 0 saturated heterocycles. The van der Waals surface area contributed by atoms with Gasteiger partial charge in [0.25, 0.3) is 5.91 Å². The first-order chi connectivity index (χ1) is 14.5. The normalized spacial score (nSPS) is 11.4. The molecule has 0 spiro atoms. The molecule has 0 aromatic heterocycles. The van der Waals surface area contributed by atoms with Crippen LogP contribution in [0.5, 0.6) is 5.75 Å². The van der Waals surface area contributed by atoms with Gasteiger partial charge >= 0.3 is 5.97 Å². The van der Waals surface area contributed by atoms with E-state index in [-0.39, 0.29) is 12.0 Å². The van der Waals surface area contributed by atoms with Gasteiger partial charge in [-0.1, -0.05) is 48.5 Å². The number of halogens is 1. The van der Waals surface area contributed by atoms with Gasteiger partial charge in [0, 0.05) is 5.69 Å². The topological polar surface area (TPSA) is 64.6 Å². The number of hydrogen-bond donors (Lipinski definition) is 1. The van der Waals surface area contributed by atoms with Crippen LogP contribution >= 0.6 is 0 Å². The second-order valence-corrected chi connectivity index (χ2v) is 6.69. The number of esters is 1. The Bertz CT molecular complexity index is 990. The van der Waals surface area contributed by atoms with Crippen molar-refractivity contribution in [2.75, 3.05) is 5.32 Å². The average Bonchev–Trinajstić information content (AvgIpc) is 2.75. The van der Waals surface area contributed by atoms with E-state index in [0.717, 1.165) is 5.56 Å². The molecule has 3 aromatic rings. The second kappa shape index (κ2) is 10.2. The van der Waals surface area contributed by atoms with Crippen LogP contribution < -0.4 is 10.1 Å². The molecule has 0 aliphatic carbocycles. The van der Waals surface area contributed by atoms with Crippen molar-refractivity contribution in [1.29, 1.82) is 0 Å². The molecule has 0 saturated carbocycles. The lowest BCUT2D eigenvalue weighted by atomic mass is 10.1. The second-order valence-electron chi connectivity index (χ2n) is 6.69. The molecule has 0 aliphatic heterocycles. The van der Waals surface area contributed by atoms with Crippen LogP contribution in [0, 0.1) is 5.82 Å². The molecule has 1 N–H and O–H groups in total. The zero-order valence-corrected chi connectivity index (χ0v) is 16.5. The van der Waals surface area contributed by atoms with Crippen LogP contribution in [0.3, 0.4) is 0 Å². The number of amides is 1. The molecular weight excluding hydrogens is 385 g/mol. The minimum Gasteiger partial charge on any atom is -0.489 e. The molecule has 0 unspecified atom stereocenters. The smallest absolute Gasteiger partial charge is 0.311 e. The van der Waals surface area contributed by atoms with E-state index in [4.69, 9.17) is 9.47 Å². The molecular formula is C24H22FNO4. The van der Waals surface area contributed by atoms with E-state index in [0.29, 0.717) is 18.0 Å². The maximum Gasteiger partial charge on any atom is 0.311 e. The Morgan fingerprint density at radius 3 is 2.30 bits per heavy atom. The summed E-state index contributed by atoms with van der Waals surface area (Å²) in [5.74, 6) is -0.968. The van der Waals surface area contributed by atoms with E-state index < -0.39 is 23.8 Å². The van der Waals surface area contributed by atoms with Crippen molar-refractivity contribution >= 4 is 17.6 Å². The Morgan fingerprint density at radius 1 is 0.933 bits per heavy atom. The van der Waals surface area contributed by atoms with Gasteiger partial charge in [0.1, 0.15) is 18.2 Å². The molecule has 0 aliphatic rings. The van der Waals surface area contributed by atoms with Gasteiger partial charge in [0.15, 0.2) is 6.10 Å². The first-order valence-electron chi connectivity index (χ1n) is 9.52. The third-order valence-corrected chi connectivity index (χ3v) is 4.34. The van der Waals surface area contributed by atoms with Crippen LogP contribution in [-0.2, 0) is 27.4 Å². The van der Waals surface area contributed by atoms with Crippen LogP contribution in [-0.4, -0.2) is 18.0 Å². The van der Waals surface area contributed by atoms with E-state index in [1.54, 1.807) is 30.3 Å². The number of rotatable bonds is 8. The summed E-state index contributed by atoms with van der Waals surface area (Å²) in [6.45, 7) is 1.91. The van der Waals surface area contributed by atoms with Gasteiger partial charge in [-0.05, 0) is 48.4 Å². The minimum absolute atomic E-state index is 0.223. The highest BCUT2D eigenvalue weighted by Gasteiger charge is 2.19. The molecule has 0 bridgehead atoms. The zero-order valence-electron chi connectivity index (χ0n) is 16.5. The fourth-order valence-electron chi connectivity index (χ4n) is 2.71. The van der Waals surface area contributed by atoms with Crippen molar-refractivity contribution in [3.8, 4) is 5.75 Å². The summed E-state index contributed by atoms with van der Waals surface area (Å²) < 4.78 is 24.4. The van der Waals surface area contributed by atoms with Crippen molar-refractivity contribution in [1.82, 2.24) is 0 Å². The van der Waals surface area contributed by atoms with Gasteiger partial charge in [-0.2, -0.15) is 0 Å². The molecule has 0 radical (unpaired) electrons. The Kier molecular flexibility index (Phi) is 7.16. The monoisotopic (exact) mass is 407 g/mol. The van der Waals surface area contributed by atoms with Gasteiger partial charge < -0.3 is 14.8 Å². The van der Waals surface area contributed by atoms with Crippen molar-refractivity contribution < 1.29 is 23.5 Å². The predicted octanol–water partition coefficient (Wildman–Crippen LogP) is 4.52. The Hall–Kier alpha value is -3.67. The predicted molar refractivity (Wildman–Crippen MR) is 112 cm³/mol. The van der Waals surface area contributed by atoms with Gasteiger partial charge in [-0.3, -0.25) is 9.59 Å². The van der Waals surface area contributed by atoms with E-state index in [1.165, 1.54) is 25.1 Å². The summed E-state index contributed by atoms with van der Waals surface area (Å²) in [7, 11) is 0. The summed E-state index contributed by atoms with van der Waals surface area (Å²) in [6.07, 6.45) is -1.25. The van der Waals surface area contributed by atoms with E-state index >= 15 is 0 Å². The summed E-state index contributed by atoms with van der Waals surface area (Å²) in [4.78, 5) is 24.2. The third kappa shape index (κ3) is 6.17. The lowest BCUT2D eigenvalue weighted by molar-refractivity contribution is -0.152. The van der Waals surface area contributed by atoms with Gasteiger partial charge in [0.2, 0.25) is 0 Å². The van der Waals surface area contributed by atoms with Crippen molar-refractivity contribution in [2.45, 2.75) is 26.1 Å². The molecule has 3 aromatic carbocycles. The fourth-order valence-corrected chi connectivity index (χ4v) is 2.71. The molecule has 1 amide bonds. The Labute approximate surface area is 174 Å². The van der Waals surface area contributed by atoms with Crippen molar-refractivity contribution in [3.05, 3.63) is 95.8 Å². The highest BCUT2D eigenvalue weighted by molar-refractivity contribution is 5.95. The van der Waals surface area contributed by atoms with E-state index in [1.807, 2.05) is 30.3 Å². The molecule has 0 fully saturated rings. The zero-order chi connectivity index (χ0) is 21.3. The maximum atomic E-state index is 13.6. The third-order valence-electron chi connectivity index (χ3n) is 4.34. The van der Waals surface area contributed by atoms with Crippen LogP contribution in [0.25, 0.3) is 0 Å². The largest absolute Gasteiger partial charge is 0.489 e. The van der Waals surface area contributed by atoms with E-state index in [2.05, 4.69) is 5.32 Å². The molecule has 0 heterocycles. The Balaban J connectivity index is 1.47. The van der Waals surface area contributed by atoms with Crippen molar-refractivity contribution in [2.24, 2.45) is 0 Å². The highest BCUT2D eigenvalue weighted by atomic mass is 19.1. The molecule has 3 rings (SSSR count). The number of benzene rings is 3. The standard InChI is InChI=1S/C24H22FNO4/c1-17(30-23(27)15-19-9-5-6-10-22(19)25)24(28)26-20-11-13-21(14-12-20)29-16-18-7-3-2-4-8-18/h2-14,17H,15-16H2,1H3,(H,26,28)/t17-/m1/s1. The van der Waals surface area contributed by atoms with Crippen LogP contribution in [0.4, 0.5) is 10.1 Å². The van der Waals surface area contributed by atoms with Crippen LogP contribution in [0.15, 0.2) is 78.9 Å². The number of ether oxygens (including phenoxy) is 2. The Morgan fingerprint density at radius 2 is 1.60 bits per heavy atom. The van der Waals surface area contributed by atoms with Gasteiger partial charge in [-0.25, -0.2) is 4.39 Å². The number of carbonyl (C=O) groups is 2. The fraction of sp³-hybridized carbons (Fsp3) is 0.167.